The van der Waals surface area contributed by atoms with Crippen molar-refractivity contribution in [3.63, 3.8) is 0 Å². The van der Waals surface area contributed by atoms with E-state index < -0.39 is 147 Å². The second-order valence-electron chi connectivity index (χ2n) is 16.0. The fraction of sp³-hybridized carbons (Fsp3) is 0.692. The Labute approximate surface area is 369 Å². The molecule has 10 N–H and O–H groups in total. The molecule has 12 amide bonds. The van der Waals surface area contributed by atoms with Gasteiger partial charge in [-0.2, -0.15) is 0 Å². The van der Waals surface area contributed by atoms with Crippen molar-refractivity contribution >= 4 is 70.9 Å². The van der Waals surface area contributed by atoms with Crippen molar-refractivity contribution in [2.45, 2.75) is 76.4 Å². The first-order valence-corrected chi connectivity index (χ1v) is 21.5. The number of amides is 12. The number of carbonyl (C=O) groups is 12. The van der Waals surface area contributed by atoms with Gasteiger partial charge in [-0.3, -0.25) is 57.5 Å². The van der Waals surface area contributed by atoms with Gasteiger partial charge in [0.2, 0.25) is 70.9 Å². The summed E-state index contributed by atoms with van der Waals surface area (Å²) in [5.74, 6) is -9.06. The highest BCUT2D eigenvalue weighted by molar-refractivity contribution is 5.99. The van der Waals surface area contributed by atoms with E-state index in [4.69, 9.17) is 4.74 Å². The quantitative estimate of drug-likeness (QED) is 0.126. The number of morpholine rings is 1. The van der Waals surface area contributed by atoms with Gasteiger partial charge in [-0.25, -0.2) is 0 Å². The molecule has 4 rings (SSSR count). The fourth-order valence-corrected chi connectivity index (χ4v) is 7.97. The third-order valence-corrected chi connectivity index (χ3v) is 11.5. The molecule has 0 aromatic carbocycles. The molecule has 0 aromatic rings. The van der Waals surface area contributed by atoms with Crippen molar-refractivity contribution in [1.82, 2.24) is 63.0 Å². The van der Waals surface area contributed by atoms with Crippen LogP contribution < -0.4 is 53.2 Å². The van der Waals surface area contributed by atoms with Crippen LogP contribution in [-0.4, -0.2) is 184 Å². The zero-order valence-corrected chi connectivity index (χ0v) is 36.2. The zero-order chi connectivity index (χ0) is 46.8. The van der Waals surface area contributed by atoms with Gasteiger partial charge in [0, 0.05) is 19.6 Å². The van der Waals surface area contributed by atoms with Crippen molar-refractivity contribution in [3.8, 4) is 0 Å². The molecule has 25 heteroatoms. The van der Waals surface area contributed by atoms with Crippen LogP contribution in [0, 0.1) is 11.8 Å². The largest absolute Gasteiger partial charge is 0.378 e. The summed E-state index contributed by atoms with van der Waals surface area (Å²) in [5, 5.41) is 24.1. The maximum atomic E-state index is 14.3. The first kappa shape index (κ1) is 50.2. The molecule has 3 heterocycles. The Morgan fingerprint density at radius 1 is 0.625 bits per heavy atom. The number of fused-ring (bicyclic) bond motifs is 1. The number of ether oxygens (including phenoxy) is 1. The van der Waals surface area contributed by atoms with Crippen molar-refractivity contribution in [3.05, 3.63) is 0 Å². The molecule has 1 aliphatic carbocycles. The van der Waals surface area contributed by atoms with E-state index in [2.05, 4.69) is 53.2 Å². The average molecular weight is 905 g/mol. The Balaban J connectivity index is 1.51. The predicted molar refractivity (Wildman–Crippen MR) is 220 cm³/mol. The highest BCUT2D eigenvalue weighted by atomic mass is 16.5. The molecule has 4 aliphatic rings. The van der Waals surface area contributed by atoms with Gasteiger partial charge in [0.1, 0.15) is 17.6 Å². The molecule has 64 heavy (non-hydrogen) atoms. The van der Waals surface area contributed by atoms with E-state index in [1.165, 1.54) is 9.80 Å². The van der Waals surface area contributed by atoms with E-state index in [1.54, 1.807) is 0 Å². The average Bonchev–Trinajstić information content (AvgIpc) is 3.96. The minimum Gasteiger partial charge on any atom is -0.378 e. The van der Waals surface area contributed by atoms with E-state index >= 15 is 0 Å². The van der Waals surface area contributed by atoms with E-state index in [9.17, 15) is 57.5 Å². The fourth-order valence-electron chi connectivity index (χ4n) is 7.97. The number of hydrogen-bond acceptors (Lipinski definition) is 13. The smallest absolute Gasteiger partial charge is 0.246 e. The van der Waals surface area contributed by atoms with Crippen LogP contribution in [0.4, 0.5) is 0 Å². The second kappa shape index (κ2) is 24.4. The standard InChI is InChI=1S/C39H60N12O13/c1-3-23(2)24-6-4-8-39(24)38(63)47-21-34(59)48-25(37(62)50-10-12-64-13-11-50)14-27(52)40-15-28(53)41-16-29(54)42-17-30(55)43-18-31(56)44-19-32(57)45-20-33(58)46-22-35(60)51-9-5-7-26(51)36(61)49-39/h23-26H,3-22H2,1-2H3,(H,40,52)(H,41,53)(H,42,54)(H,43,55)(H,44,56)(H,45,57)(H,46,58)(H,47,63)(H,48,59)(H,49,61). The van der Waals surface area contributed by atoms with Gasteiger partial charge in [0.15, 0.2) is 0 Å². The molecule has 5 unspecified atom stereocenters. The summed E-state index contributed by atoms with van der Waals surface area (Å²) in [5.41, 5.74) is -1.47. The van der Waals surface area contributed by atoms with Gasteiger partial charge in [0.25, 0.3) is 0 Å². The van der Waals surface area contributed by atoms with Crippen LogP contribution in [0.1, 0.15) is 58.8 Å². The van der Waals surface area contributed by atoms with Crippen LogP contribution in [0.2, 0.25) is 0 Å². The molecule has 0 bridgehead atoms. The van der Waals surface area contributed by atoms with Gasteiger partial charge in [-0.05, 0) is 37.5 Å². The number of nitrogens with one attached hydrogen (secondary N) is 10. The van der Waals surface area contributed by atoms with Gasteiger partial charge in [-0.15, -0.1) is 0 Å². The topological polar surface area (TPSA) is 341 Å². The van der Waals surface area contributed by atoms with Gasteiger partial charge in [-0.1, -0.05) is 26.7 Å². The molecular formula is C39H60N12O13. The van der Waals surface area contributed by atoms with E-state index in [-0.39, 0.29) is 57.5 Å². The monoisotopic (exact) mass is 904 g/mol. The lowest BCUT2D eigenvalue weighted by molar-refractivity contribution is -0.143. The maximum absolute atomic E-state index is 14.3. The van der Waals surface area contributed by atoms with Crippen molar-refractivity contribution in [2.24, 2.45) is 11.8 Å². The second-order valence-corrected chi connectivity index (χ2v) is 16.0. The third kappa shape index (κ3) is 14.9. The summed E-state index contributed by atoms with van der Waals surface area (Å²) in [7, 11) is 0. The molecule has 3 saturated heterocycles. The minimum absolute atomic E-state index is 0.0440. The van der Waals surface area contributed by atoms with Crippen LogP contribution in [0.25, 0.3) is 0 Å². The van der Waals surface area contributed by atoms with Crippen molar-refractivity contribution < 1.29 is 62.3 Å². The molecule has 25 nitrogen and oxygen atoms in total. The summed E-state index contributed by atoms with van der Waals surface area (Å²) >= 11 is 0. The van der Waals surface area contributed by atoms with Gasteiger partial charge in [0.05, 0.1) is 72.0 Å². The first-order valence-electron chi connectivity index (χ1n) is 21.5. The summed E-state index contributed by atoms with van der Waals surface area (Å²) in [6, 6.07) is -2.40. The molecule has 0 radical (unpaired) electrons. The van der Waals surface area contributed by atoms with Crippen LogP contribution in [0.3, 0.4) is 0 Å². The van der Waals surface area contributed by atoms with Crippen molar-refractivity contribution in [2.75, 3.05) is 85.2 Å². The van der Waals surface area contributed by atoms with E-state index in [0.29, 0.717) is 25.7 Å². The Morgan fingerprint density at radius 3 is 1.62 bits per heavy atom. The summed E-state index contributed by atoms with van der Waals surface area (Å²) in [4.78, 5) is 158. The molecule has 1 saturated carbocycles. The van der Waals surface area contributed by atoms with E-state index in [1.807, 2.05) is 13.8 Å². The highest BCUT2D eigenvalue weighted by Gasteiger charge is 2.53. The van der Waals surface area contributed by atoms with Gasteiger partial charge >= 0.3 is 0 Å². The van der Waals surface area contributed by atoms with E-state index in [0.717, 1.165) is 0 Å². The third-order valence-electron chi connectivity index (χ3n) is 11.5. The lowest BCUT2D eigenvalue weighted by Crippen LogP contribution is -2.65. The molecule has 5 atom stereocenters. The summed E-state index contributed by atoms with van der Waals surface area (Å²) in [6.07, 6.45) is 2.21. The lowest BCUT2D eigenvalue weighted by Gasteiger charge is -2.39. The highest BCUT2D eigenvalue weighted by Crippen LogP contribution is 2.42. The first-order chi connectivity index (χ1) is 30.5. The van der Waals surface area contributed by atoms with Crippen LogP contribution in [0.15, 0.2) is 0 Å². The molecule has 354 valence electrons. The Bertz CT molecular complexity index is 1810. The maximum Gasteiger partial charge on any atom is 0.246 e. The number of nitrogens with zero attached hydrogens (tertiary/aromatic N) is 2. The number of rotatable bonds is 3. The normalized spacial score (nSPS) is 27.2. The Morgan fingerprint density at radius 2 is 1.11 bits per heavy atom. The number of carbonyl (C=O) groups excluding carboxylic acids is 12. The Hall–Kier alpha value is -6.40. The molecular weight excluding hydrogens is 844 g/mol. The van der Waals surface area contributed by atoms with Gasteiger partial charge < -0.3 is 67.7 Å². The summed E-state index contributed by atoms with van der Waals surface area (Å²) in [6.45, 7) is 0.332. The summed E-state index contributed by atoms with van der Waals surface area (Å²) < 4.78 is 5.32. The zero-order valence-electron chi connectivity index (χ0n) is 36.2. The van der Waals surface area contributed by atoms with Crippen LogP contribution in [-0.2, 0) is 62.3 Å². The van der Waals surface area contributed by atoms with Crippen LogP contribution in [0.5, 0.6) is 0 Å². The SMILES string of the molecule is CCC(C)C1CCCC12NC(=O)C1CCCN1C(=O)CNC(=O)CNC(=O)CNC(=O)CNC(=O)CNC(=O)CNC(=O)CNC(=O)CC(C(=O)N1CCOCC1)NC(=O)CNC2=O. The minimum atomic E-state index is -1.47. The van der Waals surface area contributed by atoms with Crippen LogP contribution >= 0.6 is 0 Å². The Kier molecular flexibility index (Phi) is 19.2. The predicted octanol–water partition coefficient (Wildman–Crippen LogP) is -6.64. The molecule has 4 fully saturated rings. The lowest BCUT2D eigenvalue weighted by atomic mass is 9.76. The number of hydrogen-bond donors (Lipinski definition) is 10. The molecule has 3 aliphatic heterocycles. The van der Waals surface area contributed by atoms with Crippen molar-refractivity contribution in [1.29, 1.82) is 0 Å². The molecule has 0 aromatic heterocycles. The molecule has 1 spiro atoms.